The van der Waals surface area contributed by atoms with Crippen LogP contribution in [0.2, 0.25) is 0 Å². The Morgan fingerprint density at radius 3 is 2.75 bits per heavy atom. The lowest BCUT2D eigenvalue weighted by atomic mass is 10.3. The van der Waals surface area contributed by atoms with Gasteiger partial charge in [-0.15, -0.1) is 0 Å². The molecule has 0 unspecified atom stereocenters. The van der Waals surface area contributed by atoms with Crippen molar-refractivity contribution in [3.05, 3.63) is 18.0 Å². The second-order valence-electron chi connectivity index (χ2n) is 4.64. The van der Waals surface area contributed by atoms with Crippen molar-refractivity contribution in [1.82, 2.24) is 20.2 Å². The van der Waals surface area contributed by atoms with Crippen molar-refractivity contribution in [3.63, 3.8) is 0 Å². The molecule has 1 aromatic rings. The molecular formula is C12H18F3N5. The SMILES string of the molecule is FC(F)(F)c1ccnc(NCCCN2CCNCC2)n1. The van der Waals surface area contributed by atoms with Crippen LogP contribution < -0.4 is 10.6 Å². The highest BCUT2D eigenvalue weighted by molar-refractivity contribution is 5.25. The van der Waals surface area contributed by atoms with Gasteiger partial charge in [-0.05, 0) is 19.0 Å². The van der Waals surface area contributed by atoms with Crippen LogP contribution in [0.15, 0.2) is 12.3 Å². The van der Waals surface area contributed by atoms with Crippen molar-refractivity contribution in [3.8, 4) is 0 Å². The van der Waals surface area contributed by atoms with E-state index in [0.717, 1.165) is 51.4 Å². The lowest BCUT2D eigenvalue weighted by molar-refractivity contribution is -0.141. The molecule has 0 bridgehead atoms. The zero-order valence-electron chi connectivity index (χ0n) is 11.1. The highest BCUT2D eigenvalue weighted by atomic mass is 19.4. The van der Waals surface area contributed by atoms with Crippen LogP contribution in [0, 0.1) is 0 Å². The van der Waals surface area contributed by atoms with Crippen molar-refractivity contribution in [2.24, 2.45) is 0 Å². The Bertz CT molecular complexity index is 418. The molecule has 2 heterocycles. The fourth-order valence-electron chi connectivity index (χ4n) is 2.04. The summed E-state index contributed by atoms with van der Waals surface area (Å²) in [6, 6.07) is 0.867. The van der Waals surface area contributed by atoms with Crippen molar-refractivity contribution in [2.45, 2.75) is 12.6 Å². The van der Waals surface area contributed by atoms with E-state index in [1.807, 2.05) is 0 Å². The van der Waals surface area contributed by atoms with Gasteiger partial charge in [-0.25, -0.2) is 9.97 Å². The molecule has 0 aromatic carbocycles. The predicted molar refractivity (Wildman–Crippen MR) is 69.5 cm³/mol. The van der Waals surface area contributed by atoms with Crippen molar-refractivity contribution in [2.75, 3.05) is 44.6 Å². The second-order valence-corrected chi connectivity index (χ2v) is 4.64. The topological polar surface area (TPSA) is 53.1 Å². The average Bonchev–Trinajstić information content (AvgIpc) is 2.44. The predicted octanol–water partition coefficient (Wildman–Crippen LogP) is 1.20. The summed E-state index contributed by atoms with van der Waals surface area (Å²) in [6.45, 7) is 5.49. The standard InChI is InChI=1S/C12H18F3N5/c13-12(14,15)10-2-4-18-11(19-10)17-3-1-7-20-8-5-16-6-9-20/h2,4,16H,1,3,5-9H2,(H,17,18,19). The Labute approximate surface area is 115 Å². The third kappa shape index (κ3) is 4.61. The van der Waals surface area contributed by atoms with Gasteiger partial charge in [0.05, 0.1) is 0 Å². The number of hydrogen-bond acceptors (Lipinski definition) is 5. The highest BCUT2D eigenvalue weighted by Gasteiger charge is 2.32. The van der Waals surface area contributed by atoms with Crippen LogP contribution in [0.5, 0.6) is 0 Å². The molecule has 1 aliphatic rings. The summed E-state index contributed by atoms with van der Waals surface area (Å²) in [7, 11) is 0. The lowest BCUT2D eigenvalue weighted by Gasteiger charge is -2.27. The number of alkyl halides is 3. The number of rotatable bonds is 5. The van der Waals surface area contributed by atoms with Gasteiger partial charge >= 0.3 is 6.18 Å². The van der Waals surface area contributed by atoms with Gasteiger partial charge in [-0.1, -0.05) is 0 Å². The van der Waals surface area contributed by atoms with Gasteiger partial charge in [0.25, 0.3) is 0 Å². The minimum Gasteiger partial charge on any atom is -0.354 e. The Morgan fingerprint density at radius 1 is 1.30 bits per heavy atom. The zero-order valence-corrected chi connectivity index (χ0v) is 11.1. The molecular weight excluding hydrogens is 271 g/mol. The smallest absolute Gasteiger partial charge is 0.354 e. The van der Waals surface area contributed by atoms with E-state index in [1.165, 1.54) is 0 Å². The molecule has 1 aromatic heterocycles. The third-order valence-corrected chi connectivity index (χ3v) is 3.09. The number of halogens is 3. The van der Waals surface area contributed by atoms with Gasteiger partial charge in [0, 0.05) is 38.9 Å². The van der Waals surface area contributed by atoms with Gasteiger partial charge in [0.1, 0.15) is 5.69 Å². The largest absolute Gasteiger partial charge is 0.433 e. The van der Waals surface area contributed by atoms with Crippen LogP contribution in [-0.4, -0.2) is 54.1 Å². The van der Waals surface area contributed by atoms with Gasteiger partial charge in [0.2, 0.25) is 5.95 Å². The summed E-state index contributed by atoms with van der Waals surface area (Å²) >= 11 is 0. The summed E-state index contributed by atoms with van der Waals surface area (Å²) in [5.74, 6) is 0.0279. The molecule has 5 nitrogen and oxygen atoms in total. The van der Waals surface area contributed by atoms with Gasteiger partial charge in [-0.3, -0.25) is 0 Å². The first-order valence-corrected chi connectivity index (χ1v) is 6.63. The van der Waals surface area contributed by atoms with Crippen molar-refractivity contribution < 1.29 is 13.2 Å². The van der Waals surface area contributed by atoms with E-state index in [9.17, 15) is 13.2 Å². The van der Waals surface area contributed by atoms with E-state index in [4.69, 9.17) is 0 Å². The Morgan fingerprint density at radius 2 is 2.05 bits per heavy atom. The van der Waals surface area contributed by atoms with Gasteiger partial charge in [-0.2, -0.15) is 13.2 Å². The van der Waals surface area contributed by atoms with E-state index in [2.05, 4.69) is 25.5 Å². The number of nitrogens with one attached hydrogen (secondary N) is 2. The number of nitrogens with zero attached hydrogens (tertiary/aromatic N) is 3. The number of piperazine rings is 1. The van der Waals surface area contributed by atoms with Crippen LogP contribution >= 0.6 is 0 Å². The summed E-state index contributed by atoms with van der Waals surface area (Å²) in [6.07, 6.45) is -2.46. The first-order valence-electron chi connectivity index (χ1n) is 6.63. The Balaban J connectivity index is 1.73. The van der Waals surface area contributed by atoms with Crippen molar-refractivity contribution in [1.29, 1.82) is 0 Å². The highest BCUT2D eigenvalue weighted by Crippen LogP contribution is 2.27. The second kappa shape index (κ2) is 6.85. The fraction of sp³-hybridized carbons (Fsp3) is 0.667. The van der Waals surface area contributed by atoms with Crippen LogP contribution in [0.3, 0.4) is 0 Å². The van der Waals surface area contributed by atoms with Gasteiger partial charge in [0.15, 0.2) is 0 Å². The number of aromatic nitrogens is 2. The zero-order chi connectivity index (χ0) is 14.4. The monoisotopic (exact) mass is 289 g/mol. The Hall–Kier alpha value is -1.41. The first kappa shape index (κ1) is 15.0. The Kier molecular flexibility index (Phi) is 5.13. The molecule has 0 saturated carbocycles. The maximum atomic E-state index is 12.5. The molecule has 8 heteroatoms. The molecule has 0 spiro atoms. The lowest BCUT2D eigenvalue weighted by Crippen LogP contribution is -2.44. The maximum Gasteiger partial charge on any atom is 0.433 e. The maximum absolute atomic E-state index is 12.5. The van der Waals surface area contributed by atoms with Crippen LogP contribution in [0.1, 0.15) is 12.1 Å². The van der Waals surface area contributed by atoms with Crippen molar-refractivity contribution >= 4 is 5.95 Å². The first-order chi connectivity index (χ1) is 9.55. The molecule has 1 saturated heterocycles. The minimum atomic E-state index is -4.43. The van der Waals surface area contributed by atoms with Crippen LogP contribution in [0.4, 0.5) is 19.1 Å². The molecule has 0 amide bonds. The molecule has 20 heavy (non-hydrogen) atoms. The average molecular weight is 289 g/mol. The minimum absolute atomic E-state index is 0.0279. The molecule has 1 aliphatic heterocycles. The van der Waals surface area contributed by atoms with Crippen LogP contribution in [-0.2, 0) is 6.18 Å². The molecule has 112 valence electrons. The fourth-order valence-corrected chi connectivity index (χ4v) is 2.04. The van der Waals surface area contributed by atoms with Gasteiger partial charge < -0.3 is 15.5 Å². The number of anilines is 1. The molecule has 2 rings (SSSR count). The van der Waals surface area contributed by atoms with Crippen LogP contribution in [0.25, 0.3) is 0 Å². The molecule has 1 fully saturated rings. The third-order valence-electron chi connectivity index (χ3n) is 3.09. The quantitative estimate of drug-likeness (QED) is 0.798. The van der Waals surface area contributed by atoms with E-state index in [0.29, 0.717) is 6.54 Å². The summed E-state index contributed by atoms with van der Waals surface area (Å²) < 4.78 is 37.4. The summed E-state index contributed by atoms with van der Waals surface area (Å²) in [5.41, 5.74) is -0.919. The molecule has 2 N–H and O–H groups in total. The van der Waals surface area contributed by atoms with E-state index in [-0.39, 0.29) is 5.95 Å². The van der Waals surface area contributed by atoms with E-state index in [1.54, 1.807) is 0 Å². The van der Waals surface area contributed by atoms with E-state index >= 15 is 0 Å². The molecule has 0 atom stereocenters. The normalized spacial score (nSPS) is 17.1. The summed E-state index contributed by atoms with van der Waals surface area (Å²) in [5, 5.41) is 6.10. The molecule has 0 aliphatic carbocycles. The summed E-state index contributed by atoms with van der Waals surface area (Å²) in [4.78, 5) is 9.57. The molecule has 0 radical (unpaired) electrons. The van der Waals surface area contributed by atoms with E-state index < -0.39 is 11.9 Å². The number of hydrogen-bond donors (Lipinski definition) is 2.